The van der Waals surface area contributed by atoms with Crippen LogP contribution >= 0.6 is 0 Å². The molecule has 3 N–H and O–H groups in total. The van der Waals surface area contributed by atoms with Gasteiger partial charge >= 0.3 is 6.03 Å². The van der Waals surface area contributed by atoms with Crippen LogP contribution in [0.3, 0.4) is 0 Å². The van der Waals surface area contributed by atoms with E-state index in [2.05, 4.69) is 28.5 Å². The lowest BCUT2D eigenvalue weighted by atomic mass is 10.0. The van der Waals surface area contributed by atoms with Gasteiger partial charge in [0, 0.05) is 37.6 Å². The number of hydrogen-bond donors (Lipinski definition) is 3. The van der Waals surface area contributed by atoms with Crippen molar-refractivity contribution in [2.75, 3.05) is 36.5 Å². The van der Waals surface area contributed by atoms with E-state index in [9.17, 15) is 4.79 Å². The van der Waals surface area contributed by atoms with E-state index in [1.54, 1.807) is 0 Å². The van der Waals surface area contributed by atoms with Crippen molar-refractivity contribution in [3.05, 3.63) is 24.3 Å². The molecule has 0 aliphatic carbocycles. The maximum Gasteiger partial charge on any atom is 0.319 e. The average molecular weight is 333 g/mol. The quantitative estimate of drug-likeness (QED) is 0.681. The molecule has 0 aromatic heterocycles. The molecular weight excluding hydrogens is 302 g/mol. The molecule has 0 bridgehead atoms. The lowest BCUT2D eigenvalue weighted by Gasteiger charge is -2.29. The van der Waals surface area contributed by atoms with Gasteiger partial charge < -0.3 is 20.6 Å². The van der Waals surface area contributed by atoms with Crippen molar-refractivity contribution in [1.82, 2.24) is 5.32 Å². The summed E-state index contributed by atoms with van der Waals surface area (Å²) in [7, 11) is 0. The fourth-order valence-corrected chi connectivity index (χ4v) is 3.28. The summed E-state index contributed by atoms with van der Waals surface area (Å²) in [6.07, 6.45) is 6.60. The number of urea groups is 1. The molecule has 1 saturated heterocycles. The van der Waals surface area contributed by atoms with Crippen molar-refractivity contribution in [3.8, 4) is 0 Å². The number of nitrogens with zero attached hydrogens (tertiary/aromatic N) is 1. The molecule has 1 fully saturated rings. The van der Waals surface area contributed by atoms with Gasteiger partial charge in [0.2, 0.25) is 0 Å². The third-order valence-corrected chi connectivity index (χ3v) is 4.61. The maximum atomic E-state index is 12.1. The van der Waals surface area contributed by atoms with Gasteiger partial charge in [0.25, 0.3) is 0 Å². The van der Waals surface area contributed by atoms with Crippen LogP contribution < -0.4 is 15.5 Å². The Bertz CT molecular complexity index is 495. The van der Waals surface area contributed by atoms with Crippen LogP contribution in [-0.4, -0.2) is 37.4 Å². The summed E-state index contributed by atoms with van der Waals surface area (Å²) in [6.45, 7) is 5.08. The maximum absolute atomic E-state index is 12.1. The zero-order valence-electron chi connectivity index (χ0n) is 14.8. The highest BCUT2D eigenvalue weighted by molar-refractivity contribution is 5.89. The first-order chi connectivity index (χ1) is 11.7. The first-order valence-corrected chi connectivity index (χ1v) is 9.23. The van der Waals surface area contributed by atoms with Gasteiger partial charge in [0.1, 0.15) is 0 Å². The van der Waals surface area contributed by atoms with Crippen LogP contribution in [0.2, 0.25) is 0 Å². The summed E-state index contributed by atoms with van der Waals surface area (Å²) < 4.78 is 0. The van der Waals surface area contributed by atoms with Crippen LogP contribution in [0.25, 0.3) is 0 Å². The molecule has 1 aromatic carbocycles. The minimum absolute atomic E-state index is 0.172. The Morgan fingerprint density at radius 3 is 2.75 bits per heavy atom. The number of carbonyl (C=O) groups excluding carboxylic acids is 1. The van der Waals surface area contributed by atoms with Crippen molar-refractivity contribution in [3.63, 3.8) is 0 Å². The van der Waals surface area contributed by atoms with E-state index < -0.39 is 0 Å². The molecule has 134 valence electrons. The van der Waals surface area contributed by atoms with Crippen LogP contribution in [-0.2, 0) is 0 Å². The van der Waals surface area contributed by atoms with Gasteiger partial charge in [-0.2, -0.15) is 0 Å². The smallest absolute Gasteiger partial charge is 0.319 e. The number of anilines is 2. The van der Waals surface area contributed by atoms with E-state index in [0.29, 0.717) is 12.5 Å². The molecule has 1 heterocycles. The van der Waals surface area contributed by atoms with E-state index in [-0.39, 0.29) is 12.6 Å². The minimum Gasteiger partial charge on any atom is -0.396 e. The number of nitrogens with one attached hydrogen (secondary N) is 2. The zero-order chi connectivity index (χ0) is 17.2. The Balaban J connectivity index is 1.84. The fraction of sp³-hybridized carbons (Fsp3) is 0.632. The Kier molecular flexibility index (Phi) is 7.89. The van der Waals surface area contributed by atoms with Crippen LogP contribution in [0.4, 0.5) is 16.2 Å². The highest BCUT2D eigenvalue weighted by Crippen LogP contribution is 2.23. The summed E-state index contributed by atoms with van der Waals surface area (Å²) in [6, 6.07) is 7.88. The number of carbonyl (C=O) groups is 1. The average Bonchev–Trinajstić information content (AvgIpc) is 2.61. The molecule has 2 rings (SSSR count). The third kappa shape index (κ3) is 6.04. The van der Waals surface area contributed by atoms with E-state index in [4.69, 9.17) is 5.11 Å². The molecule has 1 unspecified atom stereocenters. The van der Waals surface area contributed by atoms with Crippen molar-refractivity contribution < 1.29 is 9.90 Å². The van der Waals surface area contributed by atoms with Gasteiger partial charge in [-0.05, 0) is 56.2 Å². The Hall–Kier alpha value is -1.75. The van der Waals surface area contributed by atoms with Crippen LogP contribution in [0.1, 0.15) is 45.4 Å². The van der Waals surface area contributed by atoms with Crippen LogP contribution in [0.15, 0.2) is 24.3 Å². The number of benzene rings is 1. The molecule has 2 amide bonds. The normalized spacial score (nSPS) is 15.8. The topological polar surface area (TPSA) is 64.6 Å². The van der Waals surface area contributed by atoms with Crippen molar-refractivity contribution in [2.24, 2.45) is 5.92 Å². The standard InChI is InChI=1S/C19H31N3O2/c1-2-7-16(10-13-23)15-20-19(24)21-17-8-6-9-18(14-17)22-11-4-3-5-12-22/h6,8-9,14,16,23H,2-5,7,10-13,15H2,1H3,(H2,20,21,24). The van der Waals surface area contributed by atoms with E-state index in [1.165, 1.54) is 24.9 Å². The lowest BCUT2D eigenvalue weighted by molar-refractivity contribution is 0.237. The molecule has 1 aromatic rings. The number of aliphatic hydroxyl groups is 1. The van der Waals surface area contributed by atoms with E-state index >= 15 is 0 Å². The number of hydrogen-bond acceptors (Lipinski definition) is 3. The van der Waals surface area contributed by atoms with Gasteiger partial charge in [0.15, 0.2) is 0 Å². The fourth-order valence-electron chi connectivity index (χ4n) is 3.28. The molecule has 1 aliphatic heterocycles. The summed E-state index contributed by atoms with van der Waals surface area (Å²) in [5.74, 6) is 0.338. The summed E-state index contributed by atoms with van der Waals surface area (Å²) in [4.78, 5) is 14.5. The molecule has 5 heteroatoms. The molecule has 5 nitrogen and oxygen atoms in total. The van der Waals surface area contributed by atoms with Crippen molar-refractivity contribution in [2.45, 2.75) is 45.4 Å². The van der Waals surface area contributed by atoms with Crippen molar-refractivity contribution in [1.29, 1.82) is 0 Å². The predicted molar refractivity (Wildman–Crippen MR) is 99.6 cm³/mol. The Labute approximate surface area is 145 Å². The van der Waals surface area contributed by atoms with Gasteiger partial charge in [-0.1, -0.05) is 19.4 Å². The molecule has 0 spiro atoms. The second-order valence-corrected chi connectivity index (χ2v) is 6.60. The Morgan fingerprint density at radius 2 is 2.04 bits per heavy atom. The summed E-state index contributed by atoms with van der Waals surface area (Å²) in [5.41, 5.74) is 2.00. The first kappa shape index (κ1) is 18.6. The molecule has 1 aliphatic rings. The third-order valence-electron chi connectivity index (χ3n) is 4.61. The Morgan fingerprint density at radius 1 is 1.25 bits per heavy atom. The number of rotatable bonds is 8. The largest absolute Gasteiger partial charge is 0.396 e. The molecular formula is C19H31N3O2. The minimum atomic E-state index is -0.176. The van der Waals surface area contributed by atoms with Gasteiger partial charge in [-0.15, -0.1) is 0 Å². The number of amides is 2. The number of piperidine rings is 1. The monoisotopic (exact) mass is 333 g/mol. The van der Waals surface area contributed by atoms with Crippen LogP contribution in [0, 0.1) is 5.92 Å². The summed E-state index contributed by atoms with van der Waals surface area (Å²) in [5, 5.41) is 14.9. The summed E-state index contributed by atoms with van der Waals surface area (Å²) >= 11 is 0. The first-order valence-electron chi connectivity index (χ1n) is 9.23. The predicted octanol–water partition coefficient (Wildman–Crippen LogP) is 3.60. The lowest BCUT2D eigenvalue weighted by Crippen LogP contribution is -2.33. The number of aliphatic hydroxyl groups excluding tert-OH is 1. The highest BCUT2D eigenvalue weighted by atomic mass is 16.3. The van der Waals surface area contributed by atoms with Crippen molar-refractivity contribution >= 4 is 17.4 Å². The van der Waals surface area contributed by atoms with Gasteiger partial charge in [-0.25, -0.2) is 4.79 Å². The molecule has 24 heavy (non-hydrogen) atoms. The molecule has 1 atom stereocenters. The van der Waals surface area contributed by atoms with Crippen LogP contribution in [0.5, 0.6) is 0 Å². The molecule has 0 saturated carbocycles. The van der Waals surface area contributed by atoms with E-state index in [0.717, 1.165) is 38.0 Å². The highest BCUT2D eigenvalue weighted by Gasteiger charge is 2.12. The van der Waals surface area contributed by atoms with Gasteiger partial charge in [0.05, 0.1) is 0 Å². The second-order valence-electron chi connectivity index (χ2n) is 6.60. The SMILES string of the molecule is CCCC(CCO)CNC(=O)Nc1cccc(N2CCCCC2)c1. The second kappa shape index (κ2) is 10.2. The van der Waals surface area contributed by atoms with Gasteiger partial charge in [-0.3, -0.25) is 0 Å². The zero-order valence-corrected chi connectivity index (χ0v) is 14.8. The van der Waals surface area contributed by atoms with E-state index in [1.807, 2.05) is 18.2 Å². The molecule has 0 radical (unpaired) electrons.